The minimum absolute atomic E-state index is 0.0768. The number of halogens is 2. The second kappa shape index (κ2) is 6.70. The Morgan fingerprint density at radius 3 is 2.36 bits per heavy atom. The molecule has 0 spiro atoms. The third-order valence-electron chi connectivity index (χ3n) is 1.88. The van der Waals surface area contributed by atoms with Crippen molar-refractivity contribution in [3.05, 3.63) is 0 Å². The Bertz CT molecular complexity index is 171. The van der Waals surface area contributed by atoms with E-state index in [1.807, 2.05) is 0 Å². The summed E-state index contributed by atoms with van der Waals surface area (Å²) in [6.07, 6.45) is 1.69. The van der Waals surface area contributed by atoms with Crippen LogP contribution in [0.1, 0.15) is 32.1 Å². The highest BCUT2D eigenvalue weighted by molar-refractivity contribution is 5.77. The SMILES string of the molecule is COC(=O)C(F)(F)CCCCCCO. The second-order valence-electron chi connectivity index (χ2n) is 3.08. The Morgan fingerprint density at radius 2 is 1.86 bits per heavy atom. The molecule has 14 heavy (non-hydrogen) atoms. The number of unbranched alkanes of at least 4 members (excludes halogenated alkanes) is 3. The van der Waals surface area contributed by atoms with E-state index < -0.39 is 18.3 Å². The third kappa shape index (κ3) is 5.11. The summed E-state index contributed by atoms with van der Waals surface area (Å²) in [5, 5.41) is 8.43. The van der Waals surface area contributed by atoms with Gasteiger partial charge in [-0.1, -0.05) is 12.8 Å². The van der Waals surface area contributed by atoms with E-state index >= 15 is 0 Å². The van der Waals surface area contributed by atoms with Crippen molar-refractivity contribution in [3.63, 3.8) is 0 Å². The molecule has 0 unspecified atom stereocenters. The van der Waals surface area contributed by atoms with Gasteiger partial charge in [-0.2, -0.15) is 8.78 Å². The standard InChI is InChI=1S/C9H16F2O3/c1-14-8(13)9(10,11)6-4-2-3-5-7-12/h12H,2-7H2,1H3. The van der Waals surface area contributed by atoms with E-state index in [1.54, 1.807) is 0 Å². The fourth-order valence-electron chi connectivity index (χ4n) is 1.06. The van der Waals surface area contributed by atoms with Crippen molar-refractivity contribution in [1.29, 1.82) is 0 Å². The highest BCUT2D eigenvalue weighted by Gasteiger charge is 2.38. The molecular formula is C9H16F2O3. The first-order valence-corrected chi connectivity index (χ1v) is 4.61. The maximum Gasteiger partial charge on any atom is 0.376 e. The van der Waals surface area contributed by atoms with Crippen molar-refractivity contribution in [1.82, 2.24) is 0 Å². The van der Waals surface area contributed by atoms with Gasteiger partial charge in [0.2, 0.25) is 0 Å². The van der Waals surface area contributed by atoms with Crippen molar-refractivity contribution >= 4 is 5.97 Å². The molecule has 0 atom stereocenters. The summed E-state index contributed by atoms with van der Waals surface area (Å²) >= 11 is 0. The van der Waals surface area contributed by atoms with Gasteiger partial charge in [0.25, 0.3) is 0 Å². The number of hydrogen-bond acceptors (Lipinski definition) is 3. The van der Waals surface area contributed by atoms with E-state index in [4.69, 9.17) is 5.11 Å². The molecule has 0 aromatic heterocycles. The van der Waals surface area contributed by atoms with Crippen molar-refractivity contribution in [2.75, 3.05) is 13.7 Å². The second-order valence-corrected chi connectivity index (χ2v) is 3.08. The van der Waals surface area contributed by atoms with Gasteiger partial charge < -0.3 is 9.84 Å². The summed E-state index contributed by atoms with van der Waals surface area (Å²) in [5.74, 6) is -4.84. The minimum Gasteiger partial charge on any atom is -0.465 e. The van der Waals surface area contributed by atoms with Crippen LogP contribution in [-0.2, 0) is 9.53 Å². The number of rotatable bonds is 7. The van der Waals surface area contributed by atoms with Crippen LogP contribution in [0.5, 0.6) is 0 Å². The van der Waals surface area contributed by atoms with Gasteiger partial charge in [0.15, 0.2) is 0 Å². The molecule has 0 amide bonds. The quantitative estimate of drug-likeness (QED) is 0.514. The molecule has 0 saturated heterocycles. The molecular weight excluding hydrogens is 194 g/mol. The van der Waals surface area contributed by atoms with E-state index in [0.29, 0.717) is 19.3 Å². The van der Waals surface area contributed by atoms with Crippen LogP contribution in [0.3, 0.4) is 0 Å². The molecule has 0 radical (unpaired) electrons. The molecule has 0 aliphatic heterocycles. The van der Waals surface area contributed by atoms with Gasteiger partial charge in [-0.25, -0.2) is 4.79 Å². The van der Waals surface area contributed by atoms with Crippen molar-refractivity contribution < 1.29 is 23.4 Å². The Balaban J connectivity index is 3.60. The van der Waals surface area contributed by atoms with Crippen LogP contribution in [-0.4, -0.2) is 30.7 Å². The number of aliphatic hydroxyl groups is 1. The zero-order valence-corrected chi connectivity index (χ0v) is 8.26. The van der Waals surface area contributed by atoms with Crippen LogP contribution in [0.4, 0.5) is 8.78 Å². The van der Waals surface area contributed by atoms with E-state index in [2.05, 4.69) is 4.74 Å². The van der Waals surface area contributed by atoms with Gasteiger partial charge in [-0.3, -0.25) is 0 Å². The predicted octanol–water partition coefficient (Wildman–Crippen LogP) is 1.74. The summed E-state index contributed by atoms with van der Waals surface area (Å²) in [6.45, 7) is 0.0768. The molecule has 0 fully saturated rings. The average molecular weight is 210 g/mol. The Labute approximate surface area is 82.1 Å². The zero-order chi connectivity index (χ0) is 11.0. The Morgan fingerprint density at radius 1 is 1.29 bits per heavy atom. The summed E-state index contributed by atoms with van der Waals surface area (Å²) in [7, 11) is 0.946. The lowest BCUT2D eigenvalue weighted by Gasteiger charge is -2.12. The van der Waals surface area contributed by atoms with Gasteiger partial charge in [0.05, 0.1) is 7.11 Å². The van der Waals surface area contributed by atoms with Crippen molar-refractivity contribution in [2.24, 2.45) is 0 Å². The topological polar surface area (TPSA) is 46.5 Å². The maximum atomic E-state index is 12.8. The number of aliphatic hydroxyl groups excluding tert-OH is 1. The Hall–Kier alpha value is -0.710. The number of carbonyl (C=O) groups is 1. The van der Waals surface area contributed by atoms with E-state index in [1.165, 1.54) is 0 Å². The van der Waals surface area contributed by atoms with Gasteiger partial charge in [0, 0.05) is 13.0 Å². The number of ether oxygens (including phenoxy) is 1. The number of methoxy groups -OCH3 is 1. The number of alkyl halides is 2. The zero-order valence-electron chi connectivity index (χ0n) is 8.26. The summed E-state index contributed by atoms with van der Waals surface area (Å²) in [5.41, 5.74) is 0. The van der Waals surface area contributed by atoms with Crippen molar-refractivity contribution in [3.8, 4) is 0 Å². The molecule has 3 nitrogen and oxygen atoms in total. The molecule has 0 aromatic carbocycles. The predicted molar refractivity (Wildman–Crippen MR) is 47.1 cm³/mol. The van der Waals surface area contributed by atoms with E-state index in [0.717, 1.165) is 7.11 Å². The van der Waals surface area contributed by atoms with Gasteiger partial charge >= 0.3 is 11.9 Å². The first kappa shape index (κ1) is 13.3. The summed E-state index contributed by atoms with van der Waals surface area (Å²) in [4.78, 5) is 10.5. The smallest absolute Gasteiger partial charge is 0.376 e. The van der Waals surface area contributed by atoms with Gasteiger partial charge in [-0.15, -0.1) is 0 Å². The molecule has 0 saturated carbocycles. The lowest BCUT2D eigenvalue weighted by atomic mass is 10.1. The fraction of sp³-hybridized carbons (Fsp3) is 0.889. The third-order valence-corrected chi connectivity index (χ3v) is 1.88. The molecule has 84 valence electrons. The molecule has 0 bridgehead atoms. The van der Waals surface area contributed by atoms with Gasteiger partial charge in [0.1, 0.15) is 0 Å². The van der Waals surface area contributed by atoms with Crippen LogP contribution < -0.4 is 0 Å². The lowest BCUT2D eigenvalue weighted by molar-refractivity contribution is -0.169. The molecule has 0 aliphatic carbocycles. The lowest BCUT2D eigenvalue weighted by Crippen LogP contribution is -2.29. The molecule has 0 aliphatic rings. The minimum atomic E-state index is -3.37. The van der Waals surface area contributed by atoms with Crippen LogP contribution in [0, 0.1) is 0 Å². The first-order valence-electron chi connectivity index (χ1n) is 4.61. The molecule has 5 heteroatoms. The Kier molecular flexibility index (Phi) is 6.36. The number of esters is 1. The van der Waals surface area contributed by atoms with Gasteiger partial charge in [-0.05, 0) is 12.8 Å². The molecule has 0 rings (SSSR count). The van der Waals surface area contributed by atoms with Crippen molar-refractivity contribution in [2.45, 2.75) is 38.0 Å². The maximum absolute atomic E-state index is 12.8. The summed E-state index contributed by atoms with van der Waals surface area (Å²) in [6, 6.07) is 0. The molecule has 1 N–H and O–H groups in total. The monoisotopic (exact) mass is 210 g/mol. The van der Waals surface area contributed by atoms with Crippen LogP contribution in [0.25, 0.3) is 0 Å². The number of hydrogen-bond donors (Lipinski definition) is 1. The summed E-state index contributed by atoms with van der Waals surface area (Å²) < 4.78 is 29.6. The van der Waals surface area contributed by atoms with E-state index in [-0.39, 0.29) is 13.0 Å². The van der Waals surface area contributed by atoms with Crippen LogP contribution >= 0.6 is 0 Å². The largest absolute Gasteiger partial charge is 0.465 e. The number of carbonyl (C=O) groups excluding carboxylic acids is 1. The molecule has 0 aromatic rings. The average Bonchev–Trinajstić information content (AvgIpc) is 2.16. The first-order chi connectivity index (χ1) is 6.54. The van der Waals surface area contributed by atoms with E-state index in [9.17, 15) is 13.6 Å². The molecule has 0 heterocycles. The fourth-order valence-corrected chi connectivity index (χ4v) is 1.06. The van der Waals surface area contributed by atoms with Crippen LogP contribution in [0.15, 0.2) is 0 Å². The normalized spacial score (nSPS) is 11.4. The highest BCUT2D eigenvalue weighted by atomic mass is 19.3. The highest BCUT2D eigenvalue weighted by Crippen LogP contribution is 2.23. The van der Waals surface area contributed by atoms with Crippen LogP contribution in [0.2, 0.25) is 0 Å².